The number of carbonyl (C=O) groups is 1. The van der Waals surface area contributed by atoms with Crippen LogP contribution in [0.25, 0.3) is 0 Å². The van der Waals surface area contributed by atoms with Gasteiger partial charge in [-0.15, -0.1) is 0 Å². The predicted octanol–water partition coefficient (Wildman–Crippen LogP) is 1.28. The number of carbonyl (C=O) groups excluding carboxylic acids is 1. The lowest BCUT2D eigenvalue weighted by Crippen LogP contribution is -2.59. The summed E-state index contributed by atoms with van der Waals surface area (Å²) in [6.45, 7) is 5.49. The first kappa shape index (κ1) is 12.9. The molecule has 1 aliphatic heterocycles. The molecule has 0 radical (unpaired) electrons. The zero-order valence-electron chi connectivity index (χ0n) is 11.4. The first-order chi connectivity index (χ1) is 8.49. The van der Waals surface area contributed by atoms with Gasteiger partial charge in [-0.05, 0) is 31.0 Å². The van der Waals surface area contributed by atoms with Crippen molar-refractivity contribution in [2.45, 2.75) is 19.4 Å². The summed E-state index contributed by atoms with van der Waals surface area (Å²) in [4.78, 5) is 14.1. The fourth-order valence-corrected chi connectivity index (χ4v) is 2.45. The van der Waals surface area contributed by atoms with Crippen molar-refractivity contribution in [1.82, 2.24) is 10.2 Å². The number of methoxy groups -OCH3 is 1. The van der Waals surface area contributed by atoms with Gasteiger partial charge in [0, 0.05) is 20.1 Å². The van der Waals surface area contributed by atoms with E-state index in [2.05, 4.69) is 5.32 Å². The highest BCUT2D eigenvalue weighted by molar-refractivity contribution is 5.88. The third-order valence-corrected chi connectivity index (χ3v) is 3.67. The van der Waals surface area contributed by atoms with Crippen LogP contribution < -0.4 is 10.1 Å². The van der Waals surface area contributed by atoms with E-state index in [-0.39, 0.29) is 5.91 Å². The molecule has 0 spiro atoms. The molecule has 4 heteroatoms. The molecule has 1 N–H and O–H groups in total. The fourth-order valence-electron chi connectivity index (χ4n) is 2.45. The van der Waals surface area contributed by atoms with Crippen LogP contribution in [0.5, 0.6) is 5.75 Å². The number of likely N-dealkylation sites (N-methyl/N-ethyl adjacent to an activating group) is 1. The number of ether oxygens (including phenoxy) is 1. The lowest BCUT2D eigenvalue weighted by atomic mass is 9.88. The second kappa shape index (κ2) is 4.61. The van der Waals surface area contributed by atoms with Crippen LogP contribution in [0.15, 0.2) is 18.2 Å². The van der Waals surface area contributed by atoms with Crippen LogP contribution in [0, 0.1) is 6.92 Å². The zero-order valence-corrected chi connectivity index (χ0v) is 11.4. The van der Waals surface area contributed by atoms with Crippen molar-refractivity contribution in [3.05, 3.63) is 29.3 Å². The van der Waals surface area contributed by atoms with Crippen molar-refractivity contribution in [2.75, 3.05) is 27.2 Å². The predicted molar refractivity (Wildman–Crippen MR) is 70.7 cm³/mol. The molecule has 1 heterocycles. The number of benzene rings is 1. The highest BCUT2D eigenvalue weighted by atomic mass is 16.5. The van der Waals surface area contributed by atoms with E-state index in [9.17, 15) is 4.79 Å². The van der Waals surface area contributed by atoms with Gasteiger partial charge in [-0.1, -0.05) is 12.1 Å². The minimum absolute atomic E-state index is 0.110. The molecule has 1 unspecified atom stereocenters. The Kier molecular flexibility index (Phi) is 3.30. The topological polar surface area (TPSA) is 41.6 Å². The van der Waals surface area contributed by atoms with E-state index in [0.717, 1.165) is 30.0 Å². The van der Waals surface area contributed by atoms with Gasteiger partial charge in [0.05, 0.1) is 7.11 Å². The quantitative estimate of drug-likeness (QED) is 0.857. The summed E-state index contributed by atoms with van der Waals surface area (Å²) in [5.74, 6) is 0.956. The van der Waals surface area contributed by atoms with Gasteiger partial charge in [-0.25, -0.2) is 0 Å². The summed E-state index contributed by atoms with van der Waals surface area (Å²) in [7, 11) is 3.50. The van der Waals surface area contributed by atoms with Crippen molar-refractivity contribution >= 4 is 5.91 Å². The number of aryl methyl sites for hydroxylation is 1. The molecule has 4 nitrogen and oxygen atoms in total. The minimum Gasteiger partial charge on any atom is -0.496 e. The van der Waals surface area contributed by atoms with Gasteiger partial charge in [0.15, 0.2) is 0 Å². The average Bonchev–Trinajstić information content (AvgIpc) is 2.36. The normalized spacial score (nSPS) is 24.2. The average molecular weight is 248 g/mol. The molecule has 1 fully saturated rings. The monoisotopic (exact) mass is 248 g/mol. The first-order valence-corrected chi connectivity index (χ1v) is 6.15. The molecule has 1 aromatic carbocycles. The van der Waals surface area contributed by atoms with Crippen LogP contribution >= 0.6 is 0 Å². The van der Waals surface area contributed by atoms with E-state index in [4.69, 9.17) is 4.74 Å². The smallest absolute Gasteiger partial charge is 0.246 e. The van der Waals surface area contributed by atoms with Crippen LogP contribution in [-0.4, -0.2) is 38.1 Å². The van der Waals surface area contributed by atoms with E-state index < -0.39 is 5.54 Å². The summed E-state index contributed by atoms with van der Waals surface area (Å²) in [6, 6.07) is 5.89. The number of nitrogens with zero attached hydrogens (tertiary/aromatic N) is 1. The Balaban J connectivity index is 2.40. The summed E-state index contributed by atoms with van der Waals surface area (Å²) < 4.78 is 5.25. The van der Waals surface area contributed by atoms with Crippen molar-refractivity contribution in [1.29, 1.82) is 0 Å². The molecule has 18 heavy (non-hydrogen) atoms. The molecule has 0 saturated carbocycles. The number of hydrogen-bond donors (Lipinski definition) is 1. The van der Waals surface area contributed by atoms with Gasteiger partial charge < -0.3 is 9.64 Å². The first-order valence-electron chi connectivity index (χ1n) is 6.15. The van der Waals surface area contributed by atoms with E-state index >= 15 is 0 Å². The maximum Gasteiger partial charge on any atom is 0.246 e. The molecule has 1 saturated heterocycles. The number of piperazine rings is 1. The van der Waals surface area contributed by atoms with Crippen LogP contribution in [-0.2, 0) is 10.3 Å². The summed E-state index contributed by atoms with van der Waals surface area (Å²) in [5, 5.41) is 3.32. The van der Waals surface area contributed by atoms with Gasteiger partial charge >= 0.3 is 0 Å². The SMILES string of the molecule is COc1ccc(C2(C)NCCN(C)C2=O)cc1C. The van der Waals surface area contributed by atoms with E-state index in [1.54, 1.807) is 12.0 Å². The molecular weight excluding hydrogens is 228 g/mol. The highest BCUT2D eigenvalue weighted by Crippen LogP contribution is 2.29. The molecule has 1 amide bonds. The number of nitrogens with one attached hydrogen (secondary N) is 1. The Bertz CT molecular complexity index is 473. The van der Waals surface area contributed by atoms with Crippen molar-refractivity contribution < 1.29 is 9.53 Å². The lowest BCUT2D eigenvalue weighted by Gasteiger charge is -2.39. The molecule has 0 aromatic heterocycles. The Labute approximate surface area is 108 Å². The van der Waals surface area contributed by atoms with E-state index in [1.165, 1.54) is 0 Å². The minimum atomic E-state index is -0.635. The molecule has 1 aliphatic rings. The maximum absolute atomic E-state index is 12.3. The molecule has 0 bridgehead atoms. The van der Waals surface area contributed by atoms with Crippen LogP contribution in [0.3, 0.4) is 0 Å². The Morgan fingerprint density at radius 2 is 2.17 bits per heavy atom. The summed E-state index contributed by atoms with van der Waals surface area (Å²) in [5.41, 5.74) is 1.39. The third-order valence-electron chi connectivity index (χ3n) is 3.67. The summed E-state index contributed by atoms with van der Waals surface area (Å²) in [6.07, 6.45) is 0. The largest absolute Gasteiger partial charge is 0.496 e. The Hall–Kier alpha value is -1.55. The number of amides is 1. The third kappa shape index (κ3) is 1.97. The van der Waals surface area contributed by atoms with Gasteiger partial charge in [0.25, 0.3) is 0 Å². The van der Waals surface area contributed by atoms with Gasteiger partial charge in [-0.3, -0.25) is 10.1 Å². The summed E-state index contributed by atoms with van der Waals surface area (Å²) >= 11 is 0. The van der Waals surface area contributed by atoms with Crippen LogP contribution in [0.2, 0.25) is 0 Å². The Morgan fingerprint density at radius 3 is 2.78 bits per heavy atom. The fraction of sp³-hybridized carbons (Fsp3) is 0.500. The maximum atomic E-state index is 12.3. The van der Waals surface area contributed by atoms with Gasteiger partial charge in [0.2, 0.25) is 5.91 Å². The highest BCUT2D eigenvalue weighted by Gasteiger charge is 2.39. The van der Waals surface area contributed by atoms with Crippen LogP contribution in [0.4, 0.5) is 0 Å². The lowest BCUT2D eigenvalue weighted by molar-refractivity contribution is -0.139. The molecule has 2 rings (SSSR count). The standard InChI is InChI=1S/C14H20N2O2/c1-10-9-11(5-6-12(10)18-4)14(2)13(17)16(3)8-7-15-14/h5-6,9,15H,7-8H2,1-4H3. The van der Waals surface area contributed by atoms with Crippen molar-refractivity contribution in [3.8, 4) is 5.75 Å². The second-order valence-corrected chi connectivity index (χ2v) is 4.96. The van der Waals surface area contributed by atoms with Crippen molar-refractivity contribution in [2.24, 2.45) is 0 Å². The number of hydrogen-bond acceptors (Lipinski definition) is 3. The van der Waals surface area contributed by atoms with Gasteiger partial charge in [0.1, 0.15) is 11.3 Å². The molecule has 1 aromatic rings. The molecular formula is C14H20N2O2. The van der Waals surface area contributed by atoms with E-state index in [0.29, 0.717) is 0 Å². The Morgan fingerprint density at radius 1 is 1.44 bits per heavy atom. The molecule has 1 atom stereocenters. The molecule has 0 aliphatic carbocycles. The molecule has 98 valence electrons. The van der Waals surface area contributed by atoms with Crippen molar-refractivity contribution in [3.63, 3.8) is 0 Å². The van der Waals surface area contributed by atoms with Gasteiger partial charge in [-0.2, -0.15) is 0 Å². The van der Waals surface area contributed by atoms with E-state index in [1.807, 2.05) is 39.1 Å². The van der Waals surface area contributed by atoms with Crippen LogP contribution in [0.1, 0.15) is 18.1 Å². The zero-order chi connectivity index (χ0) is 13.3. The number of rotatable bonds is 2. The second-order valence-electron chi connectivity index (χ2n) is 4.96.